The molecule has 1 saturated carbocycles. The molecule has 1 fully saturated rings. The first-order chi connectivity index (χ1) is 30.4. The van der Waals surface area contributed by atoms with E-state index in [1.807, 2.05) is 0 Å². The average Bonchev–Trinajstić information content (AvgIpc) is 3.57. The number of benzene rings is 8. The molecule has 8 aromatic rings. The zero-order valence-electron chi connectivity index (χ0n) is 38.3. The van der Waals surface area contributed by atoms with Crippen LogP contribution in [0.4, 0.5) is 17.1 Å². The van der Waals surface area contributed by atoms with Gasteiger partial charge in [0.25, 0.3) is 0 Å². The Morgan fingerprint density at radius 2 is 1.02 bits per heavy atom. The van der Waals surface area contributed by atoms with Crippen LogP contribution < -0.4 is 4.90 Å². The first-order valence-electron chi connectivity index (χ1n) is 23.4. The van der Waals surface area contributed by atoms with E-state index in [1.54, 1.807) is 0 Å². The molecule has 63 heavy (non-hydrogen) atoms. The first-order valence-corrected chi connectivity index (χ1v) is 23.4. The van der Waals surface area contributed by atoms with Crippen molar-refractivity contribution >= 4 is 27.8 Å². The van der Waals surface area contributed by atoms with Gasteiger partial charge in [0.05, 0.1) is 11.4 Å². The summed E-state index contributed by atoms with van der Waals surface area (Å²) in [6.45, 7) is 16.5. The van der Waals surface area contributed by atoms with Gasteiger partial charge in [-0.1, -0.05) is 206 Å². The maximum absolute atomic E-state index is 2.59. The third kappa shape index (κ3) is 7.20. The van der Waals surface area contributed by atoms with Gasteiger partial charge in [-0.15, -0.1) is 0 Å². The van der Waals surface area contributed by atoms with E-state index in [4.69, 9.17) is 0 Å². The SMILES string of the molecule is CC(C)(C)c1cc(N(c2ccccc2-c2ccc3c(c2)C(C)(c2ccccc2)c2ccccc2-3)c2ccccc2-c2cccc3cccc(C4CCCCC4)c23)cc(C(C)(C)C)c1. The lowest BCUT2D eigenvalue weighted by atomic mass is 9.74. The quantitative estimate of drug-likeness (QED) is 0.155. The highest BCUT2D eigenvalue weighted by atomic mass is 15.1. The fourth-order valence-electron chi connectivity index (χ4n) is 10.9. The Balaban J connectivity index is 1.24. The second-order valence-electron chi connectivity index (χ2n) is 20.5. The van der Waals surface area contributed by atoms with Crippen LogP contribution in [0.1, 0.15) is 120 Å². The van der Waals surface area contributed by atoms with E-state index in [0.29, 0.717) is 5.92 Å². The van der Waals surface area contributed by atoms with Crippen LogP contribution in [0.3, 0.4) is 0 Å². The first kappa shape index (κ1) is 40.9. The minimum absolute atomic E-state index is 0.0534. The Labute approximate surface area is 376 Å². The molecule has 1 atom stereocenters. The van der Waals surface area contributed by atoms with Crippen LogP contribution in [0.5, 0.6) is 0 Å². The molecule has 0 aromatic heterocycles. The minimum Gasteiger partial charge on any atom is -0.309 e. The summed E-state index contributed by atoms with van der Waals surface area (Å²) in [6, 6.07) is 67.0. The number of para-hydroxylation sites is 2. The summed E-state index contributed by atoms with van der Waals surface area (Å²) in [7, 11) is 0. The Morgan fingerprint density at radius 1 is 0.460 bits per heavy atom. The number of nitrogens with zero attached hydrogens (tertiary/aromatic N) is 1. The molecule has 0 bridgehead atoms. The molecule has 1 heteroatoms. The molecule has 8 aromatic carbocycles. The van der Waals surface area contributed by atoms with Crippen LogP contribution in [0.15, 0.2) is 176 Å². The van der Waals surface area contributed by atoms with Crippen LogP contribution in [-0.2, 0) is 16.2 Å². The molecule has 1 nitrogen and oxygen atoms in total. The van der Waals surface area contributed by atoms with Gasteiger partial charge in [0, 0.05) is 22.2 Å². The number of anilines is 3. The number of hydrogen-bond donors (Lipinski definition) is 0. The van der Waals surface area contributed by atoms with Crippen molar-refractivity contribution in [3.63, 3.8) is 0 Å². The monoisotopic (exact) mass is 819 g/mol. The molecular formula is C62H61N. The van der Waals surface area contributed by atoms with Crippen molar-refractivity contribution in [2.45, 2.75) is 103 Å². The summed E-state index contributed by atoms with van der Waals surface area (Å²) < 4.78 is 0. The number of rotatable bonds is 7. The van der Waals surface area contributed by atoms with Crippen LogP contribution in [0.2, 0.25) is 0 Å². The van der Waals surface area contributed by atoms with Crippen LogP contribution >= 0.6 is 0 Å². The van der Waals surface area contributed by atoms with Crippen LogP contribution in [0, 0.1) is 0 Å². The summed E-state index contributed by atoms with van der Waals surface area (Å²) in [6.07, 6.45) is 6.49. The fourth-order valence-corrected chi connectivity index (χ4v) is 10.9. The van der Waals surface area contributed by atoms with E-state index in [0.717, 1.165) is 0 Å². The number of hydrogen-bond acceptors (Lipinski definition) is 1. The lowest BCUT2D eigenvalue weighted by molar-refractivity contribution is 0.445. The van der Waals surface area contributed by atoms with Crippen molar-refractivity contribution in [2.75, 3.05) is 4.90 Å². The molecule has 0 spiro atoms. The molecule has 2 aliphatic carbocycles. The Kier molecular flexibility index (Phi) is 10.3. The van der Waals surface area contributed by atoms with Gasteiger partial charge in [-0.2, -0.15) is 0 Å². The molecule has 0 amide bonds. The van der Waals surface area contributed by atoms with E-state index in [-0.39, 0.29) is 16.2 Å². The lowest BCUT2D eigenvalue weighted by Crippen LogP contribution is -2.22. The van der Waals surface area contributed by atoms with E-state index in [9.17, 15) is 0 Å². The zero-order chi connectivity index (χ0) is 43.5. The van der Waals surface area contributed by atoms with Gasteiger partial charge in [-0.05, 0) is 133 Å². The molecular weight excluding hydrogens is 759 g/mol. The van der Waals surface area contributed by atoms with Gasteiger partial charge < -0.3 is 4.90 Å². The van der Waals surface area contributed by atoms with Gasteiger partial charge in [0.2, 0.25) is 0 Å². The molecule has 2 aliphatic rings. The fraction of sp³-hybridized carbons (Fsp3) is 0.258. The minimum atomic E-state index is -0.294. The zero-order valence-corrected chi connectivity index (χ0v) is 38.3. The highest BCUT2D eigenvalue weighted by Crippen LogP contribution is 2.54. The molecule has 314 valence electrons. The highest BCUT2D eigenvalue weighted by Gasteiger charge is 2.41. The predicted molar refractivity (Wildman–Crippen MR) is 270 cm³/mol. The Hall–Kier alpha value is -6.18. The summed E-state index contributed by atoms with van der Waals surface area (Å²) in [5.41, 5.74) is 19.0. The van der Waals surface area contributed by atoms with Crippen molar-refractivity contribution in [2.24, 2.45) is 0 Å². The maximum atomic E-state index is 2.59. The average molecular weight is 820 g/mol. The lowest BCUT2D eigenvalue weighted by Gasteiger charge is -2.34. The number of fused-ring (bicyclic) bond motifs is 4. The van der Waals surface area contributed by atoms with Gasteiger partial charge in [0.1, 0.15) is 0 Å². The van der Waals surface area contributed by atoms with Gasteiger partial charge in [-0.25, -0.2) is 0 Å². The standard InChI is InChI=1S/C62H61N/c1-60(2,3)46-39-47(61(4,5)6)41-48(40-46)63(58-35-19-16-30-53(58)54-32-21-25-43-24-20-31-50(59(43)54)42-22-10-8-11-23-42)57-34-18-15-28-49(57)44-36-37-52-51-29-14-17-33-55(51)62(7,56(52)38-44)45-26-12-9-13-27-45/h9,12-21,24-42H,8,10-11,22-23H2,1-7H3. The molecule has 0 saturated heterocycles. The summed E-state index contributed by atoms with van der Waals surface area (Å²) in [5.74, 6) is 0.581. The van der Waals surface area contributed by atoms with E-state index in [1.165, 1.54) is 127 Å². The normalized spacial score (nSPS) is 16.5. The molecule has 0 radical (unpaired) electrons. The van der Waals surface area contributed by atoms with Gasteiger partial charge in [-0.3, -0.25) is 0 Å². The largest absolute Gasteiger partial charge is 0.309 e. The third-order valence-electron chi connectivity index (χ3n) is 14.4. The van der Waals surface area contributed by atoms with Crippen molar-refractivity contribution in [3.05, 3.63) is 209 Å². The molecule has 0 heterocycles. The second kappa shape index (κ2) is 15.9. The molecule has 10 rings (SSSR count). The van der Waals surface area contributed by atoms with E-state index >= 15 is 0 Å². The maximum Gasteiger partial charge on any atom is 0.0540 e. The van der Waals surface area contributed by atoms with Crippen molar-refractivity contribution in [1.82, 2.24) is 0 Å². The highest BCUT2D eigenvalue weighted by molar-refractivity contribution is 6.04. The Bertz CT molecular complexity index is 2930. The topological polar surface area (TPSA) is 3.24 Å². The molecule has 0 N–H and O–H groups in total. The summed E-state index contributed by atoms with van der Waals surface area (Å²) in [4.78, 5) is 2.59. The summed E-state index contributed by atoms with van der Waals surface area (Å²) in [5, 5.41) is 2.73. The van der Waals surface area contributed by atoms with Gasteiger partial charge in [0.15, 0.2) is 0 Å². The van der Waals surface area contributed by atoms with E-state index < -0.39 is 0 Å². The molecule has 1 unspecified atom stereocenters. The van der Waals surface area contributed by atoms with E-state index in [2.05, 4.69) is 229 Å². The molecule has 0 aliphatic heterocycles. The Morgan fingerprint density at radius 3 is 1.70 bits per heavy atom. The van der Waals surface area contributed by atoms with Crippen molar-refractivity contribution in [3.8, 4) is 33.4 Å². The van der Waals surface area contributed by atoms with Crippen molar-refractivity contribution < 1.29 is 0 Å². The van der Waals surface area contributed by atoms with Crippen molar-refractivity contribution in [1.29, 1.82) is 0 Å². The van der Waals surface area contributed by atoms with Crippen LogP contribution in [-0.4, -0.2) is 0 Å². The summed E-state index contributed by atoms with van der Waals surface area (Å²) >= 11 is 0. The van der Waals surface area contributed by atoms with Crippen LogP contribution in [0.25, 0.3) is 44.2 Å². The van der Waals surface area contributed by atoms with Gasteiger partial charge >= 0.3 is 0 Å². The predicted octanol–water partition coefficient (Wildman–Crippen LogP) is 17.6. The second-order valence-corrected chi connectivity index (χ2v) is 20.5. The third-order valence-corrected chi connectivity index (χ3v) is 14.4. The smallest absolute Gasteiger partial charge is 0.0540 e.